The summed E-state index contributed by atoms with van der Waals surface area (Å²) in [6.07, 6.45) is 2.67. The van der Waals surface area contributed by atoms with Gasteiger partial charge in [-0.1, -0.05) is 23.7 Å². The number of carbonyl (C=O) groups excluding carboxylic acids is 1. The molecule has 0 radical (unpaired) electrons. The van der Waals surface area contributed by atoms with E-state index in [0.29, 0.717) is 13.2 Å². The third kappa shape index (κ3) is 8.10. The first-order chi connectivity index (χ1) is 14.4. The number of hydrogen-bond acceptors (Lipinski definition) is 8. The van der Waals surface area contributed by atoms with Gasteiger partial charge in [0.15, 0.2) is 28.4 Å². The molecule has 0 aliphatic rings. The number of nitrogen functional groups attached to an aromatic ring is 2. The zero-order valence-electron chi connectivity index (χ0n) is 17.1. The molecular weight excluding hydrogens is 410 g/mol. The van der Waals surface area contributed by atoms with Gasteiger partial charge in [-0.05, 0) is 43.9 Å². The van der Waals surface area contributed by atoms with Crippen molar-refractivity contribution >= 4 is 35.1 Å². The number of nitrogens with one attached hydrogen (secondary N) is 1. The molecule has 10 nitrogen and oxygen atoms in total. The number of aliphatic imine (C=N–C) groups is 1. The Hall–Kier alpha value is -3.11. The molecule has 0 saturated carbocycles. The number of unbranched alkanes of at least 4 members (excludes halogenated alkanes) is 1. The molecule has 1 aromatic heterocycles. The molecular formula is C19H28ClN7O3. The number of carbonyl (C=O) groups is 1. The van der Waals surface area contributed by atoms with Crippen LogP contribution in [0.5, 0.6) is 5.75 Å². The van der Waals surface area contributed by atoms with Gasteiger partial charge in [0.2, 0.25) is 0 Å². The second-order valence-corrected chi connectivity index (χ2v) is 6.25. The highest BCUT2D eigenvalue weighted by molar-refractivity contribution is 6.31. The van der Waals surface area contributed by atoms with Gasteiger partial charge in [-0.3, -0.25) is 15.1 Å². The summed E-state index contributed by atoms with van der Waals surface area (Å²) in [7, 11) is 1.00. The molecule has 1 amide bonds. The van der Waals surface area contributed by atoms with E-state index in [2.05, 4.69) is 20.3 Å². The van der Waals surface area contributed by atoms with Crippen molar-refractivity contribution in [1.29, 1.82) is 0 Å². The Morgan fingerprint density at radius 3 is 2.47 bits per heavy atom. The first-order valence-electron chi connectivity index (χ1n) is 9.27. The monoisotopic (exact) mass is 437 g/mol. The van der Waals surface area contributed by atoms with Crippen molar-refractivity contribution < 1.29 is 14.6 Å². The fourth-order valence-electron chi connectivity index (χ4n) is 2.38. The first-order valence-corrected chi connectivity index (χ1v) is 9.64. The maximum atomic E-state index is 12.1. The summed E-state index contributed by atoms with van der Waals surface area (Å²) in [5.74, 6) is 0.00211. The average Bonchev–Trinajstić information content (AvgIpc) is 2.73. The molecule has 0 unspecified atom stereocenters. The predicted octanol–water partition coefficient (Wildman–Crippen LogP) is 1.37. The molecule has 0 fully saturated rings. The van der Waals surface area contributed by atoms with E-state index in [9.17, 15) is 4.79 Å². The summed E-state index contributed by atoms with van der Waals surface area (Å²) < 4.78 is 5.42. The molecule has 2 aromatic rings. The Labute approximate surface area is 180 Å². The third-order valence-electron chi connectivity index (χ3n) is 3.75. The average molecular weight is 438 g/mol. The van der Waals surface area contributed by atoms with Crippen molar-refractivity contribution in [3.63, 3.8) is 0 Å². The number of halogens is 1. The number of amides is 1. The summed E-state index contributed by atoms with van der Waals surface area (Å²) in [5, 5.41) is 9.30. The zero-order chi connectivity index (χ0) is 22.5. The molecule has 30 heavy (non-hydrogen) atoms. The number of anilines is 2. The standard InChI is InChI=1S/C18H24ClN7O2.CH4O/c1-2-28-12-8-6-11(7-9-12)5-3-4-10-23-18(22)26-17(27)13-15(20)25-16(21)14(19)24-13;1-2/h6-9H,2-5,10H2,1H3,(H4,20,21,25)(H3,22,23,26,27);2H,1H3. The topological polar surface area (TPSA) is 175 Å². The van der Waals surface area contributed by atoms with Crippen molar-refractivity contribution in [2.45, 2.75) is 26.2 Å². The van der Waals surface area contributed by atoms with Gasteiger partial charge in [0.1, 0.15) is 5.75 Å². The van der Waals surface area contributed by atoms with Crippen LogP contribution in [0.3, 0.4) is 0 Å². The second-order valence-electron chi connectivity index (χ2n) is 5.89. The van der Waals surface area contributed by atoms with Crippen molar-refractivity contribution in [1.82, 2.24) is 15.3 Å². The lowest BCUT2D eigenvalue weighted by molar-refractivity contribution is 0.0972. The largest absolute Gasteiger partial charge is 0.494 e. The fourth-order valence-corrected chi connectivity index (χ4v) is 2.51. The molecule has 8 N–H and O–H groups in total. The van der Waals surface area contributed by atoms with Crippen molar-refractivity contribution in [2.24, 2.45) is 10.7 Å². The first kappa shape index (κ1) is 24.9. The SMILES string of the molecule is CCOc1ccc(CCCCN=C(N)NC(=O)c2nc(Cl)c(N)nc2N)cc1.CO. The van der Waals surface area contributed by atoms with Gasteiger partial charge in [0.05, 0.1) is 6.61 Å². The van der Waals surface area contributed by atoms with E-state index in [1.165, 1.54) is 5.56 Å². The highest BCUT2D eigenvalue weighted by Crippen LogP contribution is 2.17. The van der Waals surface area contributed by atoms with Gasteiger partial charge < -0.3 is 27.0 Å². The summed E-state index contributed by atoms with van der Waals surface area (Å²) in [4.78, 5) is 23.8. The Bertz CT molecular complexity index is 845. The molecule has 0 spiro atoms. The van der Waals surface area contributed by atoms with Crippen LogP contribution in [0.25, 0.3) is 0 Å². The van der Waals surface area contributed by atoms with Gasteiger partial charge in [0, 0.05) is 13.7 Å². The van der Waals surface area contributed by atoms with Crippen LogP contribution < -0.4 is 27.3 Å². The maximum absolute atomic E-state index is 12.1. The van der Waals surface area contributed by atoms with Gasteiger partial charge in [0.25, 0.3) is 5.91 Å². The van der Waals surface area contributed by atoms with Gasteiger partial charge in [-0.2, -0.15) is 0 Å². The van der Waals surface area contributed by atoms with Crippen LogP contribution in [0.15, 0.2) is 29.3 Å². The van der Waals surface area contributed by atoms with E-state index < -0.39 is 5.91 Å². The number of aliphatic hydroxyl groups excluding tert-OH is 1. The van der Waals surface area contributed by atoms with Crippen LogP contribution in [-0.4, -0.2) is 47.2 Å². The number of nitrogens with two attached hydrogens (primary N) is 3. The maximum Gasteiger partial charge on any atom is 0.280 e. The normalized spacial score (nSPS) is 10.7. The number of aryl methyl sites for hydroxylation is 1. The van der Waals surface area contributed by atoms with E-state index in [1.807, 2.05) is 31.2 Å². The Kier molecular flexibility index (Phi) is 10.9. The molecule has 0 atom stereocenters. The van der Waals surface area contributed by atoms with Crippen LogP contribution in [0.1, 0.15) is 35.8 Å². The molecule has 0 saturated heterocycles. The van der Waals surface area contributed by atoms with E-state index >= 15 is 0 Å². The molecule has 11 heteroatoms. The summed E-state index contributed by atoms with van der Waals surface area (Å²) in [6, 6.07) is 8.02. The lowest BCUT2D eigenvalue weighted by Crippen LogP contribution is -2.38. The number of ether oxygens (including phenoxy) is 1. The third-order valence-corrected chi connectivity index (χ3v) is 4.03. The summed E-state index contributed by atoms with van der Waals surface area (Å²) in [6.45, 7) is 3.09. The summed E-state index contributed by atoms with van der Waals surface area (Å²) in [5.41, 5.74) is 17.9. The minimum Gasteiger partial charge on any atom is -0.494 e. The van der Waals surface area contributed by atoms with Gasteiger partial charge in [-0.25, -0.2) is 9.97 Å². The number of aromatic nitrogens is 2. The van der Waals surface area contributed by atoms with E-state index in [1.54, 1.807) is 0 Å². The van der Waals surface area contributed by atoms with E-state index in [-0.39, 0.29) is 28.4 Å². The van der Waals surface area contributed by atoms with E-state index in [4.69, 9.17) is 38.6 Å². The van der Waals surface area contributed by atoms with Gasteiger partial charge >= 0.3 is 0 Å². The second kappa shape index (κ2) is 13.2. The lowest BCUT2D eigenvalue weighted by atomic mass is 10.1. The number of benzene rings is 1. The van der Waals surface area contributed by atoms with Crippen LogP contribution in [0, 0.1) is 0 Å². The number of aliphatic hydroxyl groups is 1. The van der Waals surface area contributed by atoms with Crippen LogP contribution >= 0.6 is 11.6 Å². The van der Waals surface area contributed by atoms with E-state index in [0.717, 1.165) is 32.1 Å². The highest BCUT2D eigenvalue weighted by atomic mass is 35.5. The lowest BCUT2D eigenvalue weighted by Gasteiger charge is -2.07. The molecule has 1 aromatic carbocycles. The molecule has 164 valence electrons. The number of hydrogen-bond donors (Lipinski definition) is 5. The van der Waals surface area contributed by atoms with Crippen molar-refractivity contribution in [3.05, 3.63) is 40.7 Å². The molecule has 0 aliphatic heterocycles. The van der Waals surface area contributed by atoms with Crippen LogP contribution in [0.2, 0.25) is 5.15 Å². The number of nitrogens with zero attached hydrogens (tertiary/aromatic N) is 3. The smallest absolute Gasteiger partial charge is 0.280 e. The van der Waals surface area contributed by atoms with Gasteiger partial charge in [-0.15, -0.1) is 0 Å². The summed E-state index contributed by atoms with van der Waals surface area (Å²) >= 11 is 5.76. The van der Waals surface area contributed by atoms with Crippen LogP contribution in [-0.2, 0) is 6.42 Å². The van der Waals surface area contributed by atoms with Crippen molar-refractivity contribution in [3.8, 4) is 5.75 Å². The zero-order valence-corrected chi connectivity index (χ0v) is 17.8. The molecule has 2 rings (SSSR count). The molecule has 0 aliphatic carbocycles. The minimum atomic E-state index is -0.650. The quantitative estimate of drug-likeness (QED) is 0.233. The molecule has 0 bridgehead atoms. The molecule has 1 heterocycles. The van der Waals surface area contributed by atoms with Crippen LogP contribution in [0.4, 0.5) is 11.6 Å². The number of rotatable bonds is 8. The highest BCUT2D eigenvalue weighted by Gasteiger charge is 2.16. The Morgan fingerprint density at radius 2 is 1.83 bits per heavy atom. The fraction of sp³-hybridized carbons (Fsp3) is 0.368. The Morgan fingerprint density at radius 1 is 1.17 bits per heavy atom. The minimum absolute atomic E-state index is 0.0276. The predicted molar refractivity (Wildman–Crippen MR) is 119 cm³/mol. The number of guanidine groups is 1. The Balaban J connectivity index is 0.00000218. The van der Waals surface area contributed by atoms with Crippen molar-refractivity contribution in [2.75, 3.05) is 31.7 Å².